The number of pyridine rings is 1. The summed E-state index contributed by atoms with van der Waals surface area (Å²) in [6, 6.07) is 9.13. The number of Topliss-reactive ketones (excluding diaryl/α,β-unsaturated/α-hetero) is 1. The first-order valence-corrected chi connectivity index (χ1v) is 11.7. The number of benzene rings is 1. The van der Waals surface area contributed by atoms with E-state index in [0.29, 0.717) is 12.1 Å². The van der Waals surface area contributed by atoms with Crippen LogP contribution in [0.4, 0.5) is 0 Å². The first-order valence-electron chi connectivity index (χ1n) is 10.1. The van der Waals surface area contributed by atoms with E-state index < -0.39 is 0 Å². The van der Waals surface area contributed by atoms with Crippen molar-refractivity contribution in [3.05, 3.63) is 62.9 Å². The molecule has 168 valence electrons. The predicted molar refractivity (Wildman–Crippen MR) is 130 cm³/mol. The lowest BCUT2D eigenvalue weighted by molar-refractivity contribution is -0.138. The normalized spacial score (nSPS) is 11.1. The van der Waals surface area contributed by atoms with Gasteiger partial charge in [0.2, 0.25) is 11.8 Å². The van der Waals surface area contributed by atoms with E-state index in [0.717, 1.165) is 25.5 Å². The molecule has 3 aromatic rings. The minimum atomic E-state index is -0.249. The number of rotatable bonds is 8. The van der Waals surface area contributed by atoms with Crippen LogP contribution in [0, 0.1) is 0 Å². The summed E-state index contributed by atoms with van der Waals surface area (Å²) >= 11 is 6.71. The molecule has 0 atom stereocenters. The van der Waals surface area contributed by atoms with Gasteiger partial charge in [0.05, 0.1) is 6.54 Å². The maximum atomic E-state index is 13.1. The van der Waals surface area contributed by atoms with E-state index in [1.165, 1.54) is 11.8 Å². The lowest BCUT2D eigenvalue weighted by Gasteiger charge is -2.26. The van der Waals surface area contributed by atoms with E-state index in [2.05, 4.69) is 42.2 Å². The Balaban J connectivity index is 1.72. The lowest BCUT2D eigenvalue weighted by Crippen LogP contribution is -2.45. The molecule has 0 aliphatic heterocycles. The van der Waals surface area contributed by atoms with Gasteiger partial charge in [-0.2, -0.15) is 0 Å². The third-order valence-corrected chi connectivity index (χ3v) is 6.03. The molecule has 0 saturated carbocycles. The molecule has 0 saturated heterocycles. The number of fused-ring (bicyclic) bond motifs is 1. The monoisotopic (exact) mass is 562 g/mol. The zero-order chi connectivity index (χ0) is 23.4. The zero-order valence-electron chi connectivity index (χ0n) is 18.1. The molecule has 9 heteroatoms. The van der Waals surface area contributed by atoms with Gasteiger partial charge in [-0.15, -0.1) is 0 Å². The number of hydrogen-bond acceptors (Lipinski definition) is 4. The lowest BCUT2D eigenvalue weighted by atomic mass is 10.1. The molecule has 3 rings (SSSR count). The minimum Gasteiger partial charge on any atom is -0.350 e. The Morgan fingerprint density at radius 1 is 1.16 bits per heavy atom. The third kappa shape index (κ3) is 5.83. The van der Waals surface area contributed by atoms with E-state index in [-0.39, 0.29) is 36.7 Å². The van der Waals surface area contributed by atoms with E-state index >= 15 is 0 Å². The second kappa shape index (κ2) is 10.4. The maximum absolute atomic E-state index is 13.1. The third-order valence-electron chi connectivity index (χ3n) is 5.06. The van der Waals surface area contributed by atoms with E-state index in [9.17, 15) is 14.4 Å². The second-order valence-electron chi connectivity index (χ2n) is 7.77. The molecular formula is C23H24Br2N4O3. The van der Waals surface area contributed by atoms with Crippen LogP contribution >= 0.6 is 31.9 Å². The number of amides is 2. The summed E-state index contributed by atoms with van der Waals surface area (Å²) in [5.74, 6) is -0.516. The van der Waals surface area contributed by atoms with Crippen molar-refractivity contribution in [2.45, 2.75) is 39.9 Å². The number of halogens is 2. The first-order chi connectivity index (χ1) is 15.2. The molecule has 0 radical (unpaired) electrons. The molecule has 1 aromatic carbocycles. The van der Waals surface area contributed by atoms with Crippen LogP contribution in [0.5, 0.6) is 0 Å². The van der Waals surface area contributed by atoms with Gasteiger partial charge in [0, 0.05) is 45.9 Å². The summed E-state index contributed by atoms with van der Waals surface area (Å²) in [7, 11) is 0. The Morgan fingerprint density at radius 2 is 1.91 bits per heavy atom. The van der Waals surface area contributed by atoms with Crippen molar-refractivity contribution in [1.29, 1.82) is 0 Å². The van der Waals surface area contributed by atoms with Gasteiger partial charge < -0.3 is 14.8 Å². The van der Waals surface area contributed by atoms with Gasteiger partial charge in [-0.05, 0) is 66.5 Å². The van der Waals surface area contributed by atoms with Crippen LogP contribution in [-0.4, -0.2) is 44.6 Å². The quantitative estimate of drug-likeness (QED) is 0.327. The smallest absolute Gasteiger partial charge is 0.243 e. The predicted octanol–water partition coefficient (Wildman–Crippen LogP) is 4.32. The van der Waals surface area contributed by atoms with Crippen molar-refractivity contribution >= 4 is 60.4 Å². The number of ketones is 1. The van der Waals surface area contributed by atoms with Crippen LogP contribution in [-0.2, 0) is 22.7 Å². The van der Waals surface area contributed by atoms with Crippen LogP contribution in [0.25, 0.3) is 10.9 Å². The fraction of sp³-hybridized carbons (Fsp3) is 0.304. The number of nitrogens with zero attached hydrogens (tertiary/aromatic N) is 3. The fourth-order valence-corrected chi connectivity index (χ4v) is 3.99. The molecule has 2 heterocycles. The van der Waals surface area contributed by atoms with Gasteiger partial charge in [-0.25, -0.2) is 4.98 Å². The number of carbonyl (C=O) groups is 3. The topological polar surface area (TPSA) is 84.3 Å². The Morgan fingerprint density at radius 3 is 2.53 bits per heavy atom. The number of carbonyl (C=O) groups excluding carboxylic acids is 3. The molecule has 2 aromatic heterocycles. The summed E-state index contributed by atoms with van der Waals surface area (Å²) in [5.41, 5.74) is 2.22. The summed E-state index contributed by atoms with van der Waals surface area (Å²) < 4.78 is 3.35. The molecule has 0 aliphatic carbocycles. The molecule has 32 heavy (non-hydrogen) atoms. The molecule has 7 nitrogen and oxygen atoms in total. The van der Waals surface area contributed by atoms with Crippen molar-refractivity contribution in [3.63, 3.8) is 0 Å². The van der Waals surface area contributed by atoms with Gasteiger partial charge in [0.15, 0.2) is 5.78 Å². The molecule has 0 aliphatic rings. The zero-order valence-corrected chi connectivity index (χ0v) is 21.2. The molecular weight excluding hydrogens is 540 g/mol. The van der Waals surface area contributed by atoms with Crippen LogP contribution in [0.2, 0.25) is 0 Å². The Labute approximate surface area is 203 Å². The molecule has 2 amide bonds. The highest BCUT2D eigenvalue weighted by molar-refractivity contribution is 9.10. The number of aromatic nitrogens is 2. The summed E-state index contributed by atoms with van der Waals surface area (Å²) in [6.07, 6.45) is 3.38. The van der Waals surface area contributed by atoms with Gasteiger partial charge >= 0.3 is 0 Å². The highest BCUT2D eigenvalue weighted by Gasteiger charge is 2.22. The average Bonchev–Trinajstić information content (AvgIpc) is 3.08. The fourth-order valence-electron chi connectivity index (χ4n) is 3.40. The van der Waals surface area contributed by atoms with Gasteiger partial charge in [0.1, 0.15) is 11.1 Å². The number of nitrogens with one attached hydrogen (secondary N) is 1. The van der Waals surface area contributed by atoms with Crippen LogP contribution < -0.4 is 5.32 Å². The SMILES string of the molecule is CC(=O)c1cn(CC(=O)N(CC(=O)NCc2ccc(Br)nc2)C(C)C)c2ccc(Br)cc12. The van der Waals surface area contributed by atoms with Crippen molar-refractivity contribution in [1.82, 2.24) is 19.8 Å². The molecule has 0 fully saturated rings. The van der Waals surface area contributed by atoms with Crippen molar-refractivity contribution in [2.75, 3.05) is 6.54 Å². The van der Waals surface area contributed by atoms with Gasteiger partial charge in [-0.3, -0.25) is 14.4 Å². The van der Waals surface area contributed by atoms with Crippen LogP contribution in [0.15, 0.2) is 51.8 Å². The van der Waals surface area contributed by atoms with Gasteiger partial charge in [0.25, 0.3) is 0 Å². The Bertz CT molecular complexity index is 1160. The van der Waals surface area contributed by atoms with Crippen molar-refractivity contribution in [3.8, 4) is 0 Å². The highest BCUT2D eigenvalue weighted by Crippen LogP contribution is 2.26. The second-order valence-corrected chi connectivity index (χ2v) is 9.50. The maximum Gasteiger partial charge on any atom is 0.243 e. The molecule has 0 spiro atoms. The molecule has 0 unspecified atom stereocenters. The van der Waals surface area contributed by atoms with Crippen LogP contribution in [0.1, 0.15) is 36.7 Å². The largest absolute Gasteiger partial charge is 0.350 e. The van der Waals surface area contributed by atoms with Crippen molar-refractivity contribution in [2.24, 2.45) is 0 Å². The Hall–Kier alpha value is -2.52. The minimum absolute atomic E-state index is 0.0352. The van der Waals surface area contributed by atoms with Gasteiger partial charge in [-0.1, -0.05) is 22.0 Å². The molecule has 1 N–H and O–H groups in total. The molecule has 0 bridgehead atoms. The van der Waals surface area contributed by atoms with Crippen LogP contribution in [0.3, 0.4) is 0 Å². The first kappa shape index (κ1) is 24.1. The summed E-state index contributed by atoms with van der Waals surface area (Å²) in [4.78, 5) is 43.4. The van der Waals surface area contributed by atoms with E-state index in [4.69, 9.17) is 0 Å². The Kier molecular flexibility index (Phi) is 7.84. The average molecular weight is 564 g/mol. The van der Waals surface area contributed by atoms with E-state index in [1.807, 2.05) is 38.1 Å². The highest BCUT2D eigenvalue weighted by atomic mass is 79.9. The summed E-state index contributed by atoms with van der Waals surface area (Å²) in [6.45, 7) is 5.57. The summed E-state index contributed by atoms with van der Waals surface area (Å²) in [5, 5.41) is 3.62. The van der Waals surface area contributed by atoms with Crippen molar-refractivity contribution < 1.29 is 14.4 Å². The van der Waals surface area contributed by atoms with E-state index in [1.54, 1.807) is 23.0 Å². The number of hydrogen-bond donors (Lipinski definition) is 1. The standard InChI is InChI=1S/C23H24Br2N4O3/c1-14(2)29(12-22(31)27-10-16-4-7-21(25)26-9-16)23(32)13-28-11-19(15(3)30)18-8-17(24)5-6-20(18)28/h4-9,11,14H,10,12-13H2,1-3H3,(H,27,31).